The van der Waals surface area contributed by atoms with Gasteiger partial charge in [-0.1, -0.05) is 6.58 Å². The molecule has 1 saturated carbocycles. The molecule has 1 fully saturated rings. The van der Waals surface area contributed by atoms with Gasteiger partial charge in [-0.3, -0.25) is 0 Å². The molecule has 0 spiro atoms. The van der Waals surface area contributed by atoms with Gasteiger partial charge in [-0.05, 0) is 31.8 Å². The highest BCUT2D eigenvalue weighted by molar-refractivity contribution is 5.00. The van der Waals surface area contributed by atoms with Gasteiger partial charge in [-0.2, -0.15) is 0 Å². The molecule has 0 radical (unpaired) electrons. The molecule has 0 amide bonds. The first-order valence-corrected chi connectivity index (χ1v) is 3.19. The minimum Gasteiger partial charge on any atom is -0.244 e. The van der Waals surface area contributed by atoms with Crippen molar-refractivity contribution >= 4 is 0 Å². The lowest BCUT2D eigenvalue weighted by Crippen LogP contribution is -2.35. The van der Waals surface area contributed by atoms with Crippen LogP contribution in [0, 0.1) is 5.92 Å². The molecule has 0 N–H and O–H groups in total. The molecule has 1 aliphatic rings. The largest absolute Gasteiger partial charge is 0.244 e. The second kappa shape index (κ2) is 2.00. The fraction of sp³-hybridized carbons (Fsp3) is 0.625. The predicted molar refractivity (Wildman–Crippen MR) is 35.9 cm³/mol. The third-order valence-electron chi connectivity index (χ3n) is 1.73. The van der Waals surface area contributed by atoms with Crippen molar-refractivity contribution in [2.45, 2.75) is 25.4 Å². The van der Waals surface area contributed by atoms with E-state index < -0.39 is 5.67 Å². The predicted octanol–water partition coefficient (Wildman–Crippen LogP) is 2.47. The zero-order valence-corrected chi connectivity index (χ0v) is 5.65. The van der Waals surface area contributed by atoms with Gasteiger partial charge < -0.3 is 0 Å². The van der Waals surface area contributed by atoms with Gasteiger partial charge in [0.2, 0.25) is 0 Å². The fourth-order valence-electron chi connectivity index (χ4n) is 1.32. The van der Waals surface area contributed by atoms with Crippen LogP contribution in [0.4, 0.5) is 4.39 Å². The Kier molecular flexibility index (Phi) is 1.46. The molecule has 0 aromatic rings. The minimum absolute atomic E-state index is 0.400. The molecule has 1 rings (SSSR count). The van der Waals surface area contributed by atoms with Gasteiger partial charge in [0.1, 0.15) is 5.67 Å². The van der Waals surface area contributed by atoms with E-state index in [4.69, 9.17) is 0 Å². The summed E-state index contributed by atoms with van der Waals surface area (Å²) in [6, 6.07) is 0. The van der Waals surface area contributed by atoms with E-state index in [9.17, 15) is 4.39 Å². The first-order valence-electron chi connectivity index (χ1n) is 3.19. The second-order valence-electron chi connectivity index (χ2n) is 2.95. The van der Waals surface area contributed by atoms with E-state index in [0.29, 0.717) is 18.8 Å². The molecule has 9 heavy (non-hydrogen) atoms. The van der Waals surface area contributed by atoms with Gasteiger partial charge in [0.15, 0.2) is 0 Å². The average Bonchev–Trinajstić information content (AvgIpc) is 1.62. The van der Waals surface area contributed by atoms with Gasteiger partial charge >= 0.3 is 0 Å². The molecule has 1 heteroatoms. The van der Waals surface area contributed by atoms with Gasteiger partial charge in [-0.25, -0.2) is 4.39 Å². The summed E-state index contributed by atoms with van der Waals surface area (Å²) in [4.78, 5) is 0. The molecule has 0 saturated heterocycles. The SMILES string of the molecule is C=C=CC1CC(C)(F)C1. The summed E-state index contributed by atoms with van der Waals surface area (Å²) in [6.45, 7) is 5.07. The molecule has 0 aromatic heterocycles. The number of allylic oxidation sites excluding steroid dienone is 1. The molecule has 0 bridgehead atoms. The third kappa shape index (κ3) is 1.43. The highest BCUT2D eigenvalue weighted by atomic mass is 19.1. The molecule has 0 atom stereocenters. The van der Waals surface area contributed by atoms with E-state index in [-0.39, 0.29) is 0 Å². The normalized spacial score (nSPS) is 40.9. The molecule has 0 unspecified atom stereocenters. The van der Waals surface area contributed by atoms with Gasteiger partial charge in [-0.15, -0.1) is 5.73 Å². The van der Waals surface area contributed by atoms with Crippen molar-refractivity contribution in [2.75, 3.05) is 0 Å². The zero-order chi connectivity index (χ0) is 6.91. The van der Waals surface area contributed by atoms with Crippen molar-refractivity contribution in [1.29, 1.82) is 0 Å². The summed E-state index contributed by atoms with van der Waals surface area (Å²) >= 11 is 0. The summed E-state index contributed by atoms with van der Waals surface area (Å²) in [5.74, 6) is 0.400. The summed E-state index contributed by atoms with van der Waals surface area (Å²) < 4.78 is 12.7. The van der Waals surface area contributed by atoms with Crippen molar-refractivity contribution in [2.24, 2.45) is 5.92 Å². The number of hydrogen-bond donors (Lipinski definition) is 0. The van der Waals surface area contributed by atoms with E-state index in [1.54, 1.807) is 6.92 Å². The average molecular weight is 126 g/mol. The van der Waals surface area contributed by atoms with E-state index in [1.165, 1.54) is 0 Å². The van der Waals surface area contributed by atoms with Crippen molar-refractivity contribution in [3.05, 3.63) is 18.4 Å². The highest BCUT2D eigenvalue weighted by Gasteiger charge is 2.38. The first kappa shape index (κ1) is 6.57. The topological polar surface area (TPSA) is 0 Å². The molecule has 1 aliphatic carbocycles. The lowest BCUT2D eigenvalue weighted by atomic mass is 9.74. The molecule has 0 heterocycles. The number of halogens is 1. The maximum absolute atomic E-state index is 12.7. The Bertz CT molecular complexity index is 144. The Morgan fingerprint density at radius 2 is 2.33 bits per heavy atom. The van der Waals surface area contributed by atoms with Crippen LogP contribution in [-0.2, 0) is 0 Å². The third-order valence-corrected chi connectivity index (χ3v) is 1.73. The molecular formula is C8H11F. The van der Waals surface area contributed by atoms with E-state index >= 15 is 0 Å². The lowest BCUT2D eigenvalue weighted by molar-refractivity contribution is 0.0480. The van der Waals surface area contributed by atoms with Crippen LogP contribution in [0.1, 0.15) is 19.8 Å². The Hall–Kier alpha value is -0.550. The Labute approximate surface area is 55.1 Å². The Morgan fingerprint density at radius 1 is 1.78 bits per heavy atom. The van der Waals surface area contributed by atoms with Crippen LogP contribution in [0.25, 0.3) is 0 Å². The van der Waals surface area contributed by atoms with Crippen LogP contribution in [0.15, 0.2) is 18.4 Å². The Morgan fingerprint density at radius 3 is 2.67 bits per heavy atom. The quantitative estimate of drug-likeness (QED) is 0.473. The number of alkyl halides is 1. The van der Waals surface area contributed by atoms with Crippen LogP contribution in [0.3, 0.4) is 0 Å². The van der Waals surface area contributed by atoms with Crippen LogP contribution in [-0.4, -0.2) is 5.67 Å². The second-order valence-corrected chi connectivity index (χ2v) is 2.95. The van der Waals surface area contributed by atoms with E-state index in [2.05, 4.69) is 12.3 Å². The monoisotopic (exact) mass is 126 g/mol. The molecule has 50 valence electrons. The molecule has 0 nitrogen and oxygen atoms in total. The van der Waals surface area contributed by atoms with E-state index in [0.717, 1.165) is 0 Å². The number of hydrogen-bond acceptors (Lipinski definition) is 0. The molecular weight excluding hydrogens is 115 g/mol. The van der Waals surface area contributed by atoms with Crippen LogP contribution >= 0.6 is 0 Å². The van der Waals surface area contributed by atoms with Crippen molar-refractivity contribution in [3.8, 4) is 0 Å². The maximum atomic E-state index is 12.7. The summed E-state index contributed by atoms with van der Waals surface area (Å²) in [5, 5.41) is 0. The van der Waals surface area contributed by atoms with Gasteiger partial charge in [0.25, 0.3) is 0 Å². The maximum Gasteiger partial charge on any atom is 0.109 e. The summed E-state index contributed by atoms with van der Waals surface area (Å²) in [6.07, 6.45) is 3.15. The molecule has 0 aliphatic heterocycles. The smallest absolute Gasteiger partial charge is 0.109 e. The van der Waals surface area contributed by atoms with Crippen molar-refractivity contribution in [3.63, 3.8) is 0 Å². The Balaban J connectivity index is 2.35. The van der Waals surface area contributed by atoms with Crippen molar-refractivity contribution in [1.82, 2.24) is 0 Å². The zero-order valence-electron chi connectivity index (χ0n) is 5.65. The minimum atomic E-state index is -0.905. The van der Waals surface area contributed by atoms with Crippen LogP contribution < -0.4 is 0 Å². The summed E-state index contributed by atoms with van der Waals surface area (Å²) in [7, 11) is 0. The summed E-state index contributed by atoms with van der Waals surface area (Å²) in [5.41, 5.74) is 1.76. The number of rotatable bonds is 1. The fourth-order valence-corrected chi connectivity index (χ4v) is 1.32. The molecule has 0 aromatic carbocycles. The van der Waals surface area contributed by atoms with Crippen LogP contribution in [0.2, 0.25) is 0 Å². The van der Waals surface area contributed by atoms with E-state index in [1.807, 2.05) is 6.08 Å². The van der Waals surface area contributed by atoms with Gasteiger partial charge in [0, 0.05) is 0 Å². The van der Waals surface area contributed by atoms with Crippen LogP contribution in [0.5, 0.6) is 0 Å². The van der Waals surface area contributed by atoms with Gasteiger partial charge in [0.05, 0.1) is 0 Å². The standard InChI is InChI=1S/C8H11F/c1-3-4-7-5-8(2,9)6-7/h4,7H,1,5-6H2,2H3. The highest BCUT2D eigenvalue weighted by Crippen LogP contribution is 2.41. The lowest BCUT2D eigenvalue weighted by Gasteiger charge is -2.36. The van der Waals surface area contributed by atoms with Crippen molar-refractivity contribution < 1.29 is 4.39 Å². The first-order chi connectivity index (χ1) is 4.14.